The minimum atomic E-state index is -0.0386. The van der Waals surface area contributed by atoms with Crippen molar-refractivity contribution >= 4 is 0 Å². The van der Waals surface area contributed by atoms with Crippen molar-refractivity contribution in [3.63, 3.8) is 0 Å². The van der Waals surface area contributed by atoms with Crippen molar-refractivity contribution in [3.05, 3.63) is 83.4 Å². The smallest absolute Gasteiger partial charge is 0.124 e. The molecule has 4 aliphatic rings. The molecule has 3 aliphatic carbocycles. The molecular formula is C26H38N2O. The zero-order chi connectivity index (χ0) is 21.6. The Kier molecular flexibility index (Phi) is 7.92. The molecule has 158 valence electrons. The lowest BCUT2D eigenvalue weighted by molar-refractivity contribution is 0.345. The van der Waals surface area contributed by atoms with Crippen LogP contribution in [0.5, 0.6) is 0 Å². The Morgan fingerprint density at radius 1 is 1.28 bits per heavy atom. The summed E-state index contributed by atoms with van der Waals surface area (Å²) in [6.07, 6.45) is 14.2. The summed E-state index contributed by atoms with van der Waals surface area (Å²) in [6.45, 7) is 17.6. The van der Waals surface area contributed by atoms with E-state index >= 15 is 0 Å². The summed E-state index contributed by atoms with van der Waals surface area (Å²) in [6, 6.07) is 0. The number of hydrogen-bond donors (Lipinski definition) is 3. The van der Waals surface area contributed by atoms with Gasteiger partial charge in [0.1, 0.15) is 5.76 Å². The van der Waals surface area contributed by atoms with Gasteiger partial charge < -0.3 is 16.2 Å². The fourth-order valence-electron chi connectivity index (χ4n) is 5.08. The Labute approximate surface area is 177 Å². The molecule has 0 spiro atoms. The van der Waals surface area contributed by atoms with Crippen LogP contribution in [0.3, 0.4) is 0 Å². The Hall–Kier alpha value is -2.26. The van der Waals surface area contributed by atoms with Gasteiger partial charge in [-0.2, -0.15) is 0 Å². The molecule has 29 heavy (non-hydrogen) atoms. The predicted molar refractivity (Wildman–Crippen MR) is 125 cm³/mol. The lowest BCUT2D eigenvalue weighted by Crippen LogP contribution is -2.29. The van der Waals surface area contributed by atoms with Crippen molar-refractivity contribution in [2.45, 2.75) is 52.9 Å². The standard InChI is InChI=1S/C22H28N2O.C2H6.C2H4/c1-3-20-15(7-6-10-24-20)11-14(2)22-12-19(22)21(25)17(13-23)16-8-4-5-9-18(16)22;2*1-2/h3,6-7,12,14,24-25H,1,4-5,8-11,13,23H2,2H3;1-2H3;1-2H2. The Morgan fingerprint density at radius 2 is 1.97 bits per heavy atom. The lowest BCUT2D eigenvalue weighted by Gasteiger charge is -2.38. The first kappa shape index (κ1) is 23.0. The number of rotatable bonds is 5. The fraction of sp³-hybridized carbons (Fsp3) is 0.462. The van der Waals surface area contributed by atoms with Crippen molar-refractivity contribution in [1.82, 2.24) is 5.32 Å². The van der Waals surface area contributed by atoms with Gasteiger partial charge in [-0.25, -0.2) is 0 Å². The molecule has 0 fully saturated rings. The molecule has 0 saturated carbocycles. The Bertz CT molecular complexity index is 794. The molecule has 2 unspecified atom stereocenters. The molecule has 0 bridgehead atoms. The van der Waals surface area contributed by atoms with E-state index in [2.05, 4.69) is 50.2 Å². The second kappa shape index (κ2) is 9.98. The van der Waals surface area contributed by atoms with E-state index in [1.54, 1.807) is 0 Å². The summed E-state index contributed by atoms with van der Waals surface area (Å²) in [5.41, 5.74) is 13.4. The topological polar surface area (TPSA) is 58.3 Å². The zero-order valence-corrected chi connectivity index (χ0v) is 18.5. The van der Waals surface area contributed by atoms with E-state index in [1.807, 2.05) is 19.9 Å². The number of hydrogen-bond acceptors (Lipinski definition) is 3. The average Bonchev–Trinajstić information content (AvgIpc) is 3.55. The molecule has 0 aromatic rings. The van der Waals surface area contributed by atoms with Crippen molar-refractivity contribution in [2.75, 3.05) is 13.1 Å². The number of aliphatic hydroxyl groups excluding tert-OH is 1. The third-order valence-electron chi connectivity index (χ3n) is 6.39. The first-order valence-electron chi connectivity index (χ1n) is 11.0. The maximum atomic E-state index is 10.8. The average molecular weight is 395 g/mol. The largest absolute Gasteiger partial charge is 0.507 e. The van der Waals surface area contributed by atoms with Crippen LogP contribution in [-0.4, -0.2) is 18.2 Å². The molecule has 1 heterocycles. The minimum Gasteiger partial charge on any atom is -0.507 e. The molecule has 3 nitrogen and oxygen atoms in total. The molecule has 3 heteroatoms. The number of fused-ring (bicyclic) bond motifs is 2. The van der Waals surface area contributed by atoms with Crippen molar-refractivity contribution < 1.29 is 5.11 Å². The Morgan fingerprint density at radius 3 is 2.62 bits per heavy atom. The second-order valence-corrected chi connectivity index (χ2v) is 7.65. The van der Waals surface area contributed by atoms with Gasteiger partial charge in [0.25, 0.3) is 0 Å². The number of nitrogens with one attached hydrogen (secondary N) is 1. The fourth-order valence-corrected chi connectivity index (χ4v) is 5.08. The van der Waals surface area contributed by atoms with Crippen LogP contribution in [0.15, 0.2) is 83.4 Å². The van der Waals surface area contributed by atoms with Gasteiger partial charge in [-0.3, -0.25) is 0 Å². The summed E-state index contributed by atoms with van der Waals surface area (Å²) in [5, 5.41) is 14.2. The molecule has 4 N–H and O–H groups in total. The molecule has 0 amide bonds. The SMILES string of the molecule is C=C.C=CC1=C(CC(C)C23C=C2C(O)=C(CN)C2=C3CCCC2)C=CCN1.CC. The van der Waals surface area contributed by atoms with E-state index in [9.17, 15) is 5.11 Å². The number of dihydropyridines is 1. The quantitative estimate of drug-likeness (QED) is 0.500. The van der Waals surface area contributed by atoms with Gasteiger partial charge in [0.05, 0.1) is 0 Å². The summed E-state index contributed by atoms with van der Waals surface area (Å²) in [4.78, 5) is 0. The number of aliphatic hydroxyl groups is 1. The molecule has 0 radical (unpaired) electrons. The number of nitrogens with two attached hydrogens (primary N) is 1. The van der Waals surface area contributed by atoms with Crippen LogP contribution < -0.4 is 11.1 Å². The lowest BCUT2D eigenvalue weighted by atomic mass is 9.66. The van der Waals surface area contributed by atoms with Crippen LogP contribution in [0.1, 0.15) is 52.9 Å². The summed E-state index contributed by atoms with van der Waals surface area (Å²) >= 11 is 0. The highest BCUT2D eigenvalue weighted by atomic mass is 16.3. The molecule has 0 saturated heterocycles. The van der Waals surface area contributed by atoms with Gasteiger partial charge in [-0.15, -0.1) is 13.2 Å². The molecule has 1 aliphatic heterocycles. The minimum absolute atomic E-state index is 0.0386. The Balaban J connectivity index is 0.000000707. The molecule has 0 aromatic heterocycles. The maximum Gasteiger partial charge on any atom is 0.124 e. The van der Waals surface area contributed by atoms with Gasteiger partial charge in [0, 0.05) is 35.3 Å². The zero-order valence-electron chi connectivity index (χ0n) is 18.5. The van der Waals surface area contributed by atoms with Crippen molar-refractivity contribution in [2.24, 2.45) is 17.1 Å². The number of allylic oxidation sites excluding steroid dienone is 6. The van der Waals surface area contributed by atoms with Gasteiger partial charge in [-0.05, 0) is 55.2 Å². The molecule has 4 rings (SSSR count). The molecule has 0 aromatic carbocycles. The second-order valence-electron chi connectivity index (χ2n) is 7.65. The molecular weight excluding hydrogens is 356 g/mol. The monoisotopic (exact) mass is 394 g/mol. The predicted octanol–water partition coefficient (Wildman–Crippen LogP) is 6.02. The third-order valence-corrected chi connectivity index (χ3v) is 6.39. The van der Waals surface area contributed by atoms with E-state index in [4.69, 9.17) is 5.73 Å². The summed E-state index contributed by atoms with van der Waals surface area (Å²) in [7, 11) is 0. The highest BCUT2D eigenvalue weighted by molar-refractivity contribution is 5.68. The summed E-state index contributed by atoms with van der Waals surface area (Å²) < 4.78 is 0. The van der Waals surface area contributed by atoms with Crippen LogP contribution in [0.2, 0.25) is 0 Å². The maximum absolute atomic E-state index is 10.8. The van der Waals surface area contributed by atoms with Gasteiger partial charge in [0.15, 0.2) is 0 Å². The first-order valence-corrected chi connectivity index (χ1v) is 11.0. The van der Waals surface area contributed by atoms with E-state index in [-0.39, 0.29) is 5.41 Å². The van der Waals surface area contributed by atoms with E-state index in [0.29, 0.717) is 18.2 Å². The molecule has 2 atom stereocenters. The van der Waals surface area contributed by atoms with Crippen LogP contribution in [0, 0.1) is 11.3 Å². The highest BCUT2D eigenvalue weighted by Crippen LogP contribution is 2.65. The van der Waals surface area contributed by atoms with Crippen LogP contribution in [0.4, 0.5) is 0 Å². The van der Waals surface area contributed by atoms with E-state index in [1.165, 1.54) is 29.6 Å². The highest BCUT2D eigenvalue weighted by Gasteiger charge is 2.56. The van der Waals surface area contributed by atoms with Crippen molar-refractivity contribution in [1.29, 1.82) is 0 Å². The van der Waals surface area contributed by atoms with Crippen LogP contribution >= 0.6 is 0 Å². The van der Waals surface area contributed by atoms with E-state index in [0.717, 1.165) is 42.7 Å². The van der Waals surface area contributed by atoms with E-state index < -0.39 is 0 Å². The van der Waals surface area contributed by atoms with Gasteiger partial charge in [0.2, 0.25) is 0 Å². The normalized spacial score (nSPS) is 25.3. The van der Waals surface area contributed by atoms with Crippen LogP contribution in [-0.2, 0) is 0 Å². The third kappa shape index (κ3) is 3.93. The van der Waals surface area contributed by atoms with Crippen molar-refractivity contribution in [3.8, 4) is 0 Å². The summed E-state index contributed by atoms with van der Waals surface area (Å²) in [5.74, 6) is 0.881. The first-order chi connectivity index (χ1) is 14.1. The van der Waals surface area contributed by atoms with Gasteiger partial charge in [-0.1, -0.05) is 51.2 Å². The van der Waals surface area contributed by atoms with Gasteiger partial charge >= 0.3 is 0 Å². The van der Waals surface area contributed by atoms with Crippen LogP contribution in [0.25, 0.3) is 0 Å².